The molecule has 4 aromatic rings. The van der Waals surface area contributed by atoms with Gasteiger partial charge in [-0.3, -0.25) is 9.69 Å². The summed E-state index contributed by atoms with van der Waals surface area (Å²) in [5.74, 6) is 1.56. The quantitative estimate of drug-likeness (QED) is 0.109. The minimum atomic E-state index is -0.590. The van der Waals surface area contributed by atoms with Crippen molar-refractivity contribution in [3.8, 4) is 11.5 Å². The summed E-state index contributed by atoms with van der Waals surface area (Å²) in [7, 11) is 4.85. The molecule has 2 heterocycles. The van der Waals surface area contributed by atoms with Crippen LogP contribution in [-0.2, 0) is 11.3 Å². The van der Waals surface area contributed by atoms with Crippen LogP contribution in [0.1, 0.15) is 12.0 Å². The molecule has 0 aliphatic carbocycles. The Morgan fingerprint density at radius 2 is 1.49 bits per heavy atom. The van der Waals surface area contributed by atoms with Crippen molar-refractivity contribution in [1.82, 2.24) is 14.9 Å². The minimum absolute atomic E-state index is 0.0875. The predicted molar refractivity (Wildman–Crippen MR) is 199 cm³/mol. The van der Waals surface area contributed by atoms with E-state index in [4.69, 9.17) is 32.7 Å². The second kappa shape index (κ2) is 16.3. The third-order valence-corrected chi connectivity index (χ3v) is 8.23. The number of amides is 3. The molecule has 12 nitrogen and oxygen atoms in total. The number of anilines is 6. The Bertz CT molecular complexity index is 1820. The van der Waals surface area contributed by atoms with Crippen molar-refractivity contribution >= 4 is 82.2 Å². The van der Waals surface area contributed by atoms with Gasteiger partial charge in [0, 0.05) is 67.5 Å². The molecule has 5 rings (SSSR count). The van der Waals surface area contributed by atoms with Crippen molar-refractivity contribution in [2.75, 3.05) is 52.8 Å². The maximum absolute atomic E-state index is 14.0. The highest BCUT2D eigenvalue weighted by molar-refractivity contribution is 7.80. The molecule has 0 atom stereocenters. The number of aromatic nitrogens is 2. The fraction of sp³-hybridized carbons (Fsp3) is 0.176. The average molecular weight is 722 g/mol. The van der Waals surface area contributed by atoms with E-state index in [1.165, 1.54) is 31.5 Å². The Balaban J connectivity index is 1.42. The molecule has 3 amide bonds. The molecular formula is C34H34Cl2N8O4S. The monoisotopic (exact) mass is 720 g/mol. The summed E-state index contributed by atoms with van der Waals surface area (Å²) in [6.45, 7) is 0.0875. The summed E-state index contributed by atoms with van der Waals surface area (Å²) < 4.78 is 10.7. The number of hydrogen-bond donors (Lipinski definition) is 4. The molecule has 0 spiro atoms. The molecule has 0 unspecified atom stereocenters. The summed E-state index contributed by atoms with van der Waals surface area (Å²) in [6.07, 6.45) is 9.50. The van der Waals surface area contributed by atoms with Crippen molar-refractivity contribution < 1.29 is 19.1 Å². The Morgan fingerprint density at radius 1 is 0.857 bits per heavy atom. The van der Waals surface area contributed by atoms with Crippen LogP contribution in [0.3, 0.4) is 0 Å². The van der Waals surface area contributed by atoms with Crippen LogP contribution in [0.15, 0.2) is 91.8 Å². The third kappa shape index (κ3) is 8.87. The van der Waals surface area contributed by atoms with E-state index >= 15 is 0 Å². The van der Waals surface area contributed by atoms with Gasteiger partial charge in [0.15, 0.2) is 0 Å². The number of rotatable bonds is 12. The van der Waals surface area contributed by atoms with E-state index < -0.39 is 6.03 Å². The van der Waals surface area contributed by atoms with Crippen LogP contribution in [0.25, 0.3) is 0 Å². The number of halogens is 2. The van der Waals surface area contributed by atoms with Gasteiger partial charge in [-0.1, -0.05) is 35.3 Å². The lowest BCUT2D eigenvalue weighted by atomic mass is 10.2. The molecule has 0 radical (unpaired) electrons. The SMILES string of the molecule is COc1cc(OC)c(Cl)c(NC(=O)N(Cc2ccc(NC(=O)CCS)cc2)c2cc(Nc3ccc(N4C=CN(C)C=C4)cc3)ncn2)c1Cl. The maximum atomic E-state index is 14.0. The fourth-order valence-electron chi connectivity index (χ4n) is 4.68. The van der Waals surface area contributed by atoms with Crippen LogP contribution >= 0.6 is 35.8 Å². The van der Waals surface area contributed by atoms with Crippen LogP contribution in [0.2, 0.25) is 10.0 Å². The van der Waals surface area contributed by atoms with Gasteiger partial charge in [0.1, 0.15) is 39.5 Å². The van der Waals surface area contributed by atoms with E-state index in [0.29, 0.717) is 17.3 Å². The number of nitrogens with one attached hydrogen (secondary N) is 3. The number of carbonyl (C=O) groups excluding carboxylic acids is 2. The second-order valence-corrected chi connectivity index (χ2v) is 11.8. The smallest absolute Gasteiger partial charge is 0.327 e. The Morgan fingerprint density at radius 3 is 2.10 bits per heavy atom. The van der Waals surface area contributed by atoms with Crippen molar-refractivity contribution in [1.29, 1.82) is 0 Å². The van der Waals surface area contributed by atoms with Gasteiger partial charge in [0.05, 0.1) is 26.5 Å². The van der Waals surface area contributed by atoms with E-state index in [0.717, 1.165) is 16.9 Å². The van der Waals surface area contributed by atoms with Crippen molar-refractivity contribution in [3.05, 3.63) is 107 Å². The number of thiol groups is 1. The number of carbonyl (C=O) groups is 2. The third-order valence-electron chi connectivity index (χ3n) is 7.26. The summed E-state index contributed by atoms with van der Waals surface area (Å²) >= 11 is 17.3. The molecule has 0 saturated carbocycles. The molecule has 1 aliphatic heterocycles. The van der Waals surface area contributed by atoms with Gasteiger partial charge in [0.2, 0.25) is 5.91 Å². The molecule has 3 N–H and O–H groups in total. The summed E-state index contributed by atoms with van der Waals surface area (Å²) in [4.78, 5) is 40.2. The van der Waals surface area contributed by atoms with Gasteiger partial charge in [0.25, 0.3) is 0 Å². The predicted octanol–water partition coefficient (Wildman–Crippen LogP) is 7.74. The van der Waals surface area contributed by atoms with Crippen molar-refractivity contribution in [2.45, 2.75) is 13.0 Å². The highest BCUT2D eigenvalue weighted by Gasteiger charge is 2.24. The van der Waals surface area contributed by atoms with Gasteiger partial charge < -0.3 is 35.2 Å². The molecule has 254 valence electrons. The number of hydrogen-bond acceptors (Lipinski definition) is 10. The Hall–Kier alpha value is -5.11. The largest absolute Gasteiger partial charge is 0.495 e. The lowest BCUT2D eigenvalue weighted by Gasteiger charge is -2.24. The standard InChI is InChI=1S/C34H34Cl2N8O4S/c1-42-13-15-43(16-14-42)25-10-8-23(9-11-25)39-28-19-29(38-21-37-28)44(20-22-4-6-24(7-5-22)40-30(45)12-17-49)34(46)41-33-31(35)26(47-2)18-27(48-3)32(33)36/h4-11,13-16,18-19,21,49H,12,17,20H2,1-3H3,(H,40,45)(H,41,46)(H,37,38,39). The van der Waals surface area contributed by atoms with Crippen molar-refractivity contribution in [2.24, 2.45) is 0 Å². The van der Waals surface area contributed by atoms with E-state index in [2.05, 4.69) is 38.5 Å². The normalized spacial score (nSPS) is 12.0. The van der Waals surface area contributed by atoms with Gasteiger partial charge >= 0.3 is 6.03 Å². The Labute approximate surface area is 299 Å². The van der Waals surface area contributed by atoms with Gasteiger partial charge in [-0.25, -0.2) is 14.8 Å². The molecule has 0 saturated heterocycles. The first-order chi connectivity index (χ1) is 23.7. The van der Waals surface area contributed by atoms with Gasteiger partial charge in [-0.05, 0) is 47.7 Å². The van der Waals surface area contributed by atoms with Crippen LogP contribution in [-0.4, -0.2) is 53.8 Å². The zero-order valence-corrected chi connectivity index (χ0v) is 29.3. The maximum Gasteiger partial charge on any atom is 0.327 e. The van der Waals surface area contributed by atoms with E-state index in [1.807, 2.05) is 65.9 Å². The zero-order valence-electron chi connectivity index (χ0n) is 26.9. The first kappa shape index (κ1) is 35.2. The molecule has 15 heteroatoms. The number of ether oxygens (including phenoxy) is 2. The zero-order chi connectivity index (χ0) is 34.9. The fourth-order valence-corrected chi connectivity index (χ4v) is 5.48. The van der Waals surface area contributed by atoms with Crippen LogP contribution in [0, 0.1) is 0 Å². The molecule has 3 aromatic carbocycles. The number of nitrogens with zero attached hydrogens (tertiary/aromatic N) is 5. The van der Waals surface area contributed by atoms with Crippen LogP contribution < -0.4 is 35.2 Å². The number of methoxy groups -OCH3 is 2. The highest BCUT2D eigenvalue weighted by atomic mass is 35.5. The number of urea groups is 1. The first-order valence-electron chi connectivity index (χ1n) is 14.9. The summed E-state index contributed by atoms with van der Waals surface area (Å²) in [5.41, 5.74) is 3.24. The Kier molecular flexibility index (Phi) is 11.7. The van der Waals surface area contributed by atoms with Gasteiger partial charge in [-0.15, -0.1) is 0 Å². The minimum Gasteiger partial charge on any atom is -0.495 e. The first-order valence-corrected chi connectivity index (χ1v) is 16.3. The van der Waals surface area contributed by atoms with Gasteiger partial charge in [-0.2, -0.15) is 12.6 Å². The lowest BCUT2D eigenvalue weighted by molar-refractivity contribution is -0.115. The summed E-state index contributed by atoms with van der Waals surface area (Å²) in [6, 6.07) is 17.5. The molecular weight excluding hydrogens is 687 g/mol. The van der Waals surface area contributed by atoms with Crippen molar-refractivity contribution in [3.63, 3.8) is 0 Å². The summed E-state index contributed by atoms with van der Waals surface area (Å²) in [5, 5.41) is 9.10. The van der Waals surface area contributed by atoms with E-state index in [-0.39, 0.29) is 51.9 Å². The molecule has 49 heavy (non-hydrogen) atoms. The van der Waals surface area contributed by atoms with E-state index in [1.54, 1.807) is 30.3 Å². The van der Waals surface area contributed by atoms with Crippen LogP contribution in [0.5, 0.6) is 11.5 Å². The number of benzene rings is 3. The average Bonchev–Trinajstić information content (AvgIpc) is 3.11. The molecule has 0 fully saturated rings. The molecule has 0 bridgehead atoms. The molecule has 1 aromatic heterocycles. The topological polar surface area (TPSA) is 124 Å². The second-order valence-electron chi connectivity index (χ2n) is 10.6. The highest BCUT2D eigenvalue weighted by Crippen LogP contribution is 2.44. The van der Waals surface area contributed by atoms with E-state index in [9.17, 15) is 9.59 Å². The lowest BCUT2D eigenvalue weighted by Crippen LogP contribution is -2.35. The van der Waals surface area contributed by atoms with Crippen LogP contribution in [0.4, 0.5) is 39.2 Å². The molecule has 1 aliphatic rings.